The highest BCUT2D eigenvalue weighted by molar-refractivity contribution is 7.99. The SMILES string of the molecule is C#Cc1cccc(NC(=O)CSc2nnc(-c3cccc(C)c3)n2CC)c1. The molecule has 1 amide bonds. The van der Waals surface area contributed by atoms with Crippen LogP contribution >= 0.6 is 11.8 Å². The van der Waals surface area contributed by atoms with E-state index >= 15 is 0 Å². The highest BCUT2D eigenvalue weighted by Gasteiger charge is 2.14. The molecule has 0 radical (unpaired) electrons. The van der Waals surface area contributed by atoms with Crippen molar-refractivity contribution in [3.63, 3.8) is 0 Å². The lowest BCUT2D eigenvalue weighted by Crippen LogP contribution is -2.14. The predicted molar refractivity (Wildman–Crippen MR) is 110 cm³/mol. The molecule has 0 spiro atoms. The maximum absolute atomic E-state index is 12.3. The number of thioether (sulfide) groups is 1. The predicted octanol–water partition coefficient (Wildman–Crippen LogP) is 3.99. The standard InChI is InChI=1S/C21H20N4OS/c1-4-16-9-7-11-18(13-16)22-19(26)14-27-21-24-23-20(25(21)5-2)17-10-6-8-15(3)12-17/h1,6-13H,5,14H2,2-3H3,(H,22,26). The lowest BCUT2D eigenvalue weighted by molar-refractivity contribution is -0.113. The van der Waals surface area contributed by atoms with Crippen LogP contribution in [0.5, 0.6) is 0 Å². The van der Waals surface area contributed by atoms with Crippen molar-refractivity contribution in [1.82, 2.24) is 14.8 Å². The quantitative estimate of drug-likeness (QED) is 0.522. The number of anilines is 1. The third kappa shape index (κ3) is 4.57. The van der Waals surface area contributed by atoms with Crippen molar-refractivity contribution in [1.29, 1.82) is 0 Å². The summed E-state index contributed by atoms with van der Waals surface area (Å²) in [4.78, 5) is 12.3. The number of carbonyl (C=O) groups is 1. The molecule has 136 valence electrons. The first-order chi connectivity index (χ1) is 13.1. The second kappa shape index (κ2) is 8.56. The lowest BCUT2D eigenvalue weighted by atomic mass is 10.1. The summed E-state index contributed by atoms with van der Waals surface area (Å²) in [5.74, 6) is 3.50. The Morgan fingerprint density at radius 1 is 1.22 bits per heavy atom. The molecule has 1 aromatic heterocycles. The molecule has 1 N–H and O–H groups in total. The summed E-state index contributed by atoms with van der Waals surface area (Å²) in [5.41, 5.74) is 3.61. The van der Waals surface area contributed by atoms with Crippen molar-refractivity contribution in [2.24, 2.45) is 0 Å². The largest absolute Gasteiger partial charge is 0.325 e. The van der Waals surface area contributed by atoms with E-state index in [1.165, 1.54) is 17.3 Å². The molecule has 0 saturated heterocycles. The Morgan fingerprint density at radius 3 is 2.78 bits per heavy atom. The van der Waals surface area contributed by atoms with Gasteiger partial charge in [0.05, 0.1) is 5.75 Å². The van der Waals surface area contributed by atoms with E-state index in [2.05, 4.69) is 27.5 Å². The average Bonchev–Trinajstić information content (AvgIpc) is 3.09. The first kappa shape index (κ1) is 18.7. The zero-order chi connectivity index (χ0) is 19.2. The molecule has 0 saturated carbocycles. The van der Waals surface area contributed by atoms with Gasteiger partial charge in [0.25, 0.3) is 0 Å². The van der Waals surface area contributed by atoms with Gasteiger partial charge in [0.15, 0.2) is 11.0 Å². The second-order valence-electron chi connectivity index (χ2n) is 5.98. The highest BCUT2D eigenvalue weighted by Crippen LogP contribution is 2.24. The summed E-state index contributed by atoms with van der Waals surface area (Å²) in [6, 6.07) is 15.4. The summed E-state index contributed by atoms with van der Waals surface area (Å²) in [6.07, 6.45) is 5.39. The van der Waals surface area contributed by atoms with Crippen molar-refractivity contribution in [2.45, 2.75) is 25.5 Å². The van der Waals surface area contributed by atoms with Gasteiger partial charge in [0.1, 0.15) is 0 Å². The topological polar surface area (TPSA) is 59.8 Å². The molecule has 1 heterocycles. The van der Waals surface area contributed by atoms with E-state index in [-0.39, 0.29) is 11.7 Å². The fraction of sp³-hybridized carbons (Fsp3) is 0.190. The molecule has 27 heavy (non-hydrogen) atoms. The average molecular weight is 376 g/mol. The molecule has 0 unspecified atom stereocenters. The Kier molecular flexibility index (Phi) is 5.94. The zero-order valence-electron chi connectivity index (χ0n) is 15.3. The number of aryl methyl sites for hydroxylation is 1. The summed E-state index contributed by atoms with van der Waals surface area (Å²) in [6.45, 7) is 4.81. The Labute approximate surface area is 163 Å². The van der Waals surface area contributed by atoms with Crippen LogP contribution in [0.25, 0.3) is 11.4 Å². The summed E-state index contributed by atoms with van der Waals surface area (Å²) in [7, 11) is 0. The zero-order valence-corrected chi connectivity index (χ0v) is 16.1. The molecule has 0 bridgehead atoms. The smallest absolute Gasteiger partial charge is 0.234 e. The molecule has 0 aliphatic carbocycles. The van der Waals surface area contributed by atoms with Gasteiger partial charge in [0, 0.05) is 23.4 Å². The minimum atomic E-state index is -0.114. The van der Waals surface area contributed by atoms with Crippen LogP contribution in [0.4, 0.5) is 5.69 Å². The molecule has 0 aliphatic heterocycles. The van der Waals surface area contributed by atoms with Crippen molar-refractivity contribution in [2.75, 3.05) is 11.1 Å². The van der Waals surface area contributed by atoms with Gasteiger partial charge in [-0.3, -0.25) is 4.79 Å². The number of nitrogens with one attached hydrogen (secondary N) is 1. The van der Waals surface area contributed by atoms with Gasteiger partial charge in [-0.1, -0.05) is 47.5 Å². The van der Waals surface area contributed by atoms with Gasteiger partial charge < -0.3 is 9.88 Å². The van der Waals surface area contributed by atoms with E-state index in [4.69, 9.17) is 6.42 Å². The fourth-order valence-corrected chi connectivity index (χ4v) is 3.49. The fourth-order valence-electron chi connectivity index (χ4n) is 2.69. The van der Waals surface area contributed by atoms with Crippen LogP contribution in [0.2, 0.25) is 0 Å². The minimum Gasteiger partial charge on any atom is -0.325 e. The number of benzene rings is 2. The Bertz CT molecular complexity index is 1000. The number of amides is 1. The molecule has 6 heteroatoms. The van der Waals surface area contributed by atoms with Gasteiger partial charge in [-0.25, -0.2) is 0 Å². The van der Waals surface area contributed by atoms with E-state index in [1.54, 1.807) is 6.07 Å². The number of rotatable bonds is 6. The first-order valence-corrected chi connectivity index (χ1v) is 9.59. The van der Waals surface area contributed by atoms with Gasteiger partial charge >= 0.3 is 0 Å². The molecule has 3 aromatic rings. The number of terminal acetylenes is 1. The van der Waals surface area contributed by atoms with Crippen molar-refractivity contribution < 1.29 is 4.79 Å². The van der Waals surface area contributed by atoms with Crippen LogP contribution in [0.1, 0.15) is 18.1 Å². The first-order valence-electron chi connectivity index (χ1n) is 8.60. The van der Waals surface area contributed by atoms with E-state index in [0.29, 0.717) is 5.69 Å². The number of hydrogen-bond acceptors (Lipinski definition) is 4. The maximum Gasteiger partial charge on any atom is 0.234 e. The molecule has 3 rings (SSSR count). The van der Waals surface area contributed by atoms with Crippen LogP contribution in [0.15, 0.2) is 53.7 Å². The monoisotopic (exact) mass is 376 g/mol. The van der Waals surface area contributed by atoms with Crippen LogP contribution in [-0.2, 0) is 11.3 Å². The van der Waals surface area contributed by atoms with Gasteiger partial charge in [0.2, 0.25) is 5.91 Å². The van der Waals surface area contributed by atoms with Crippen molar-refractivity contribution in [3.8, 4) is 23.7 Å². The summed E-state index contributed by atoms with van der Waals surface area (Å²) < 4.78 is 2.02. The van der Waals surface area contributed by atoms with E-state index < -0.39 is 0 Å². The molecule has 2 aromatic carbocycles. The van der Waals surface area contributed by atoms with Crippen molar-refractivity contribution >= 4 is 23.4 Å². The third-order valence-electron chi connectivity index (χ3n) is 3.95. The normalized spacial score (nSPS) is 10.4. The summed E-state index contributed by atoms with van der Waals surface area (Å²) in [5, 5.41) is 12.2. The molecular weight excluding hydrogens is 356 g/mol. The van der Waals surface area contributed by atoms with E-state index in [1.807, 2.05) is 54.8 Å². The van der Waals surface area contributed by atoms with Crippen LogP contribution in [0.3, 0.4) is 0 Å². The Morgan fingerprint density at radius 2 is 2.04 bits per heavy atom. The van der Waals surface area contributed by atoms with Gasteiger partial charge in [-0.05, 0) is 38.1 Å². The van der Waals surface area contributed by atoms with E-state index in [0.717, 1.165) is 28.7 Å². The maximum atomic E-state index is 12.3. The number of hydrogen-bond donors (Lipinski definition) is 1. The highest BCUT2D eigenvalue weighted by atomic mass is 32.2. The van der Waals surface area contributed by atoms with E-state index in [9.17, 15) is 4.79 Å². The number of nitrogens with zero attached hydrogens (tertiary/aromatic N) is 3. The molecule has 0 fully saturated rings. The van der Waals surface area contributed by atoms with Crippen molar-refractivity contribution in [3.05, 3.63) is 59.7 Å². The van der Waals surface area contributed by atoms with Gasteiger partial charge in [-0.15, -0.1) is 16.6 Å². The number of aromatic nitrogens is 3. The van der Waals surface area contributed by atoms with Crippen LogP contribution in [0, 0.1) is 19.3 Å². The summed E-state index contributed by atoms with van der Waals surface area (Å²) >= 11 is 1.37. The van der Waals surface area contributed by atoms with Crippen LogP contribution in [-0.4, -0.2) is 26.4 Å². The van der Waals surface area contributed by atoms with Gasteiger partial charge in [-0.2, -0.15) is 0 Å². The minimum absolute atomic E-state index is 0.114. The number of carbonyl (C=O) groups excluding carboxylic acids is 1. The second-order valence-corrected chi connectivity index (χ2v) is 6.92. The van der Waals surface area contributed by atoms with Crippen LogP contribution < -0.4 is 5.32 Å². The lowest BCUT2D eigenvalue weighted by Gasteiger charge is -2.08. The third-order valence-corrected chi connectivity index (χ3v) is 4.92. The molecule has 0 aliphatic rings. The molecule has 0 atom stereocenters. The molecular formula is C21H20N4OS. The molecule has 5 nitrogen and oxygen atoms in total. The Balaban J connectivity index is 1.69. The Hall–Kier alpha value is -3.04.